The van der Waals surface area contributed by atoms with Crippen LogP contribution in [0.3, 0.4) is 0 Å². The van der Waals surface area contributed by atoms with Gasteiger partial charge in [0.2, 0.25) is 5.91 Å². The van der Waals surface area contributed by atoms with Gasteiger partial charge in [-0.2, -0.15) is 5.10 Å². The molecule has 4 rings (SSSR count). The number of aryl methyl sites for hydroxylation is 2. The van der Waals surface area contributed by atoms with Gasteiger partial charge in [0.25, 0.3) is 0 Å². The minimum atomic E-state index is -0.146. The summed E-state index contributed by atoms with van der Waals surface area (Å²) in [6.45, 7) is 1.18. The highest BCUT2D eigenvalue weighted by atomic mass is 16.2. The lowest BCUT2D eigenvalue weighted by atomic mass is 10.1. The summed E-state index contributed by atoms with van der Waals surface area (Å²) in [5.41, 5.74) is 2.06. The van der Waals surface area contributed by atoms with Crippen LogP contribution in [0.1, 0.15) is 42.3 Å². The van der Waals surface area contributed by atoms with E-state index in [9.17, 15) is 9.59 Å². The van der Waals surface area contributed by atoms with Crippen molar-refractivity contribution in [3.63, 3.8) is 0 Å². The zero-order valence-electron chi connectivity index (χ0n) is 16.7. The molecule has 0 N–H and O–H groups in total. The maximum atomic E-state index is 13.0. The Morgan fingerprint density at radius 2 is 1.69 bits per heavy atom. The fraction of sp³-hybridized carbons (Fsp3) is 0.348. The Bertz CT molecular complexity index is 1020. The maximum absolute atomic E-state index is 13.0. The molecule has 1 amide bonds. The molecule has 0 aliphatic carbocycles. The lowest BCUT2D eigenvalue weighted by Gasteiger charge is -2.24. The van der Waals surface area contributed by atoms with Gasteiger partial charge in [-0.05, 0) is 30.4 Å². The summed E-state index contributed by atoms with van der Waals surface area (Å²) in [6.07, 6.45) is 2.96. The minimum Gasteiger partial charge on any atom is -0.332 e. The Hall–Kier alpha value is -3.15. The number of rotatable bonds is 6. The zero-order valence-corrected chi connectivity index (χ0v) is 16.7. The number of carbonyl (C=O) groups is 1. The first-order valence-corrected chi connectivity index (χ1v) is 10.1. The van der Waals surface area contributed by atoms with Crippen molar-refractivity contribution in [3.8, 4) is 0 Å². The topological polar surface area (TPSA) is 60.1 Å². The van der Waals surface area contributed by atoms with Gasteiger partial charge in [0.05, 0.1) is 12.6 Å². The number of benzene rings is 2. The van der Waals surface area contributed by atoms with E-state index in [1.165, 1.54) is 4.68 Å². The van der Waals surface area contributed by atoms with Crippen LogP contribution in [0.4, 0.5) is 0 Å². The van der Waals surface area contributed by atoms with Gasteiger partial charge in [-0.1, -0.05) is 60.7 Å². The van der Waals surface area contributed by atoms with Crippen molar-refractivity contribution in [1.82, 2.24) is 19.2 Å². The number of hydrogen-bond acceptors (Lipinski definition) is 3. The van der Waals surface area contributed by atoms with Crippen LogP contribution >= 0.6 is 0 Å². The summed E-state index contributed by atoms with van der Waals surface area (Å²) in [4.78, 5) is 27.6. The monoisotopic (exact) mass is 390 g/mol. The first kappa shape index (κ1) is 19.2. The van der Waals surface area contributed by atoms with Gasteiger partial charge < -0.3 is 4.90 Å². The summed E-state index contributed by atoms with van der Waals surface area (Å²) >= 11 is 0. The lowest BCUT2D eigenvalue weighted by molar-refractivity contribution is -0.132. The molecule has 0 radical (unpaired) electrons. The van der Waals surface area contributed by atoms with E-state index in [1.807, 2.05) is 65.6 Å². The van der Waals surface area contributed by atoms with Crippen molar-refractivity contribution in [3.05, 3.63) is 88.1 Å². The third-order valence-corrected chi connectivity index (χ3v) is 5.56. The molecule has 2 aromatic carbocycles. The van der Waals surface area contributed by atoms with E-state index in [1.54, 1.807) is 11.6 Å². The van der Waals surface area contributed by atoms with E-state index in [2.05, 4.69) is 5.10 Å². The van der Waals surface area contributed by atoms with Crippen molar-refractivity contribution >= 4 is 5.91 Å². The highest BCUT2D eigenvalue weighted by Crippen LogP contribution is 2.31. The third kappa shape index (κ3) is 4.16. The maximum Gasteiger partial charge on any atom is 0.346 e. The SMILES string of the molecule is Cn1nc(C2CCCN2C(=O)CCc2ccccc2)n(Cc2ccccc2)c1=O. The molecule has 0 saturated carbocycles. The Balaban J connectivity index is 1.54. The summed E-state index contributed by atoms with van der Waals surface area (Å²) in [5, 5.41) is 4.51. The number of carbonyl (C=O) groups excluding carboxylic acids is 1. The van der Waals surface area contributed by atoms with Crippen LogP contribution in [0.5, 0.6) is 0 Å². The third-order valence-electron chi connectivity index (χ3n) is 5.56. The molecule has 6 heteroatoms. The van der Waals surface area contributed by atoms with Gasteiger partial charge in [-0.3, -0.25) is 9.36 Å². The largest absolute Gasteiger partial charge is 0.346 e. The van der Waals surface area contributed by atoms with E-state index in [0.717, 1.165) is 30.4 Å². The standard InChI is InChI=1S/C23H26N4O2/c1-25-23(29)27(17-19-11-6-3-7-12-19)22(24-25)20-13-8-16-26(20)21(28)15-14-18-9-4-2-5-10-18/h2-7,9-12,20H,8,13-17H2,1H3. The molecule has 1 aromatic heterocycles. The highest BCUT2D eigenvalue weighted by molar-refractivity contribution is 5.77. The van der Waals surface area contributed by atoms with Crippen molar-refractivity contribution < 1.29 is 4.79 Å². The van der Waals surface area contributed by atoms with E-state index in [0.29, 0.717) is 25.3 Å². The van der Waals surface area contributed by atoms with Crippen LogP contribution in [-0.4, -0.2) is 31.7 Å². The van der Waals surface area contributed by atoms with Gasteiger partial charge in [-0.15, -0.1) is 0 Å². The van der Waals surface area contributed by atoms with Gasteiger partial charge >= 0.3 is 5.69 Å². The van der Waals surface area contributed by atoms with Crippen LogP contribution in [0, 0.1) is 0 Å². The normalized spacial score (nSPS) is 16.3. The van der Waals surface area contributed by atoms with Crippen LogP contribution in [0.15, 0.2) is 65.5 Å². The predicted molar refractivity (Wildman–Crippen MR) is 111 cm³/mol. The molecule has 6 nitrogen and oxygen atoms in total. The first-order valence-electron chi connectivity index (χ1n) is 10.1. The molecule has 1 fully saturated rings. The molecule has 1 aliphatic rings. The van der Waals surface area contributed by atoms with Gasteiger partial charge in [0.1, 0.15) is 0 Å². The Labute approximate surface area is 170 Å². The fourth-order valence-electron chi connectivity index (χ4n) is 4.06. The Morgan fingerprint density at radius 1 is 1.03 bits per heavy atom. The number of nitrogens with zero attached hydrogens (tertiary/aromatic N) is 4. The highest BCUT2D eigenvalue weighted by Gasteiger charge is 2.34. The fourth-order valence-corrected chi connectivity index (χ4v) is 4.06. The van der Waals surface area contributed by atoms with Crippen LogP contribution < -0.4 is 5.69 Å². The molecule has 150 valence electrons. The van der Waals surface area contributed by atoms with Gasteiger partial charge in [0.15, 0.2) is 5.82 Å². The second-order valence-electron chi connectivity index (χ2n) is 7.57. The minimum absolute atomic E-state index is 0.126. The van der Waals surface area contributed by atoms with Gasteiger partial charge in [0, 0.05) is 20.0 Å². The molecule has 29 heavy (non-hydrogen) atoms. The molecule has 0 spiro atoms. The second kappa shape index (κ2) is 8.47. The lowest BCUT2D eigenvalue weighted by Crippen LogP contribution is -2.33. The first-order chi connectivity index (χ1) is 14.1. The molecule has 2 heterocycles. The van der Waals surface area contributed by atoms with E-state index < -0.39 is 0 Å². The summed E-state index contributed by atoms with van der Waals surface area (Å²) in [5.74, 6) is 0.813. The smallest absolute Gasteiger partial charge is 0.332 e. The molecule has 3 aromatic rings. The zero-order chi connectivity index (χ0) is 20.2. The number of hydrogen-bond donors (Lipinski definition) is 0. The Morgan fingerprint density at radius 3 is 2.38 bits per heavy atom. The average Bonchev–Trinajstić information content (AvgIpc) is 3.34. The molecular weight excluding hydrogens is 364 g/mol. The van der Waals surface area contributed by atoms with E-state index in [4.69, 9.17) is 0 Å². The second-order valence-corrected chi connectivity index (χ2v) is 7.57. The molecule has 1 unspecified atom stereocenters. The van der Waals surface area contributed by atoms with Crippen LogP contribution in [0.25, 0.3) is 0 Å². The molecule has 1 aliphatic heterocycles. The molecule has 1 saturated heterocycles. The van der Waals surface area contributed by atoms with E-state index >= 15 is 0 Å². The van der Waals surface area contributed by atoms with Crippen molar-refractivity contribution in [2.45, 2.75) is 38.3 Å². The molecular formula is C23H26N4O2. The summed E-state index contributed by atoms with van der Waals surface area (Å²) < 4.78 is 3.09. The quantitative estimate of drug-likeness (QED) is 0.650. The summed E-state index contributed by atoms with van der Waals surface area (Å²) in [7, 11) is 1.67. The van der Waals surface area contributed by atoms with Crippen LogP contribution in [-0.2, 0) is 24.8 Å². The molecule has 1 atom stereocenters. The Kier molecular flexibility index (Phi) is 5.60. The summed E-state index contributed by atoms with van der Waals surface area (Å²) in [6, 6.07) is 19.8. The number of amides is 1. The van der Waals surface area contributed by atoms with Crippen molar-refractivity contribution in [2.24, 2.45) is 7.05 Å². The van der Waals surface area contributed by atoms with Crippen molar-refractivity contribution in [1.29, 1.82) is 0 Å². The predicted octanol–water partition coefficient (Wildman–Crippen LogP) is 2.93. The molecule has 0 bridgehead atoms. The van der Waals surface area contributed by atoms with E-state index in [-0.39, 0.29) is 17.6 Å². The number of aromatic nitrogens is 3. The number of likely N-dealkylation sites (tertiary alicyclic amines) is 1. The average molecular weight is 390 g/mol. The van der Waals surface area contributed by atoms with Gasteiger partial charge in [-0.25, -0.2) is 9.48 Å². The van der Waals surface area contributed by atoms with Crippen molar-refractivity contribution in [2.75, 3.05) is 6.54 Å². The van der Waals surface area contributed by atoms with Crippen LogP contribution in [0.2, 0.25) is 0 Å².